The van der Waals surface area contributed by atoms with Crippen LogP contribution < -0.4 is 15.5 Å². The molecule has 1 aromatic carbocycles. The third kappa shape index (κ3) is 3.03. The lowest BCUT2D eigenvalue weighted by Gasteiger charge is -2.24. The summed E-state index contributed by atoms with van der Waals surface area (Å²) < 4.78 is 0. The second-order valence-corrected chi connectivity index (χ2v) is 7.30. The second-order valence-electron chi connectivity index (χ2n) is 7.30. The Balaban J connectivity index is 1.71. The smallest absolute Gasteiger partial charge is 0.254 e. The van der Waals surface area contributed by atoms with Crippen LogP contribution in [0.15, 0.2) is 24.3 Å². The summed E-state index contributed by atoms with van der Waals surface area (Å²) in [4.78, 5) is 52.8. The van der Waals surface area contributed by atoms with Gasteiger partial charge in [-0.2, -0.15) is 0 Å². The molecule has 1 heterocycles. The summed E-state index contributed by atoms with van der Waals surface area (Å²) in [5.74, 6) is -1.24. The average molecular weight is 355 g/mol. The van der Waals surface area contributed by atoms with Crippen LogP contribution in [-0.4, -0.2) is 42.5 Å². The maximum atomic E-state index is 12.8. The Labute approximate surface area is 151 Å². The van der Waals surface area contributed by atoms with Crippen LogP contribution >= 0.6 is 0 Å². The van der Waals surface area contributed by atoms with E-state index < -0.39 is 17.9 Å². The molecule has 7 nitrogen and oxygen atoms in total. The molecule has 0 unspecified atom stereocenters. The molecule has 2 aliphatic carbocycles. The van der Waals surface area contributed by atoms with Gasteiger partial charge in [0.15, 0.2) is 17.6 Å². The molecule has 1 aliphatic heterocycles. The lowest BCUT2D eigenvalue weighted by Crippen LogP contribution is -2.53. The van der Waals surface area contributed by atoms with Crippen LogP contribution in [0.25, 0.3) is 0 Å². The summed E-state index contributed by atoms with van der Waals surface area (Å²) in [7, 11) is 0. The molecule has 3 aliphatic rings. The van der Waals surface area contributed by atoms with E-state index in [2.05, 4.69) is 0 Å². The fourth-order valence-electron chi connectivity index (χ4n) is 3.31. The maximum absolute atomic E-state index is 12.8. The second kappa shape index (κ2) is 6.32. The van der Waals surface area contributed by atoms with Gasteiger partial charge in [-0.15, -0.1) is 0 Å². The number of amides is 2. The van der Waals surface area contributed by atoms with E-state index in [1.54, 1.807) is 24.3 Å². The van der Waals surface area contributed by atoms with Crippen molar-refractivity contribution < 1.29 is 19.2 Å². The Morgan fingerprint density at radius 2 is 1.23 bits per heavy atom. The molecule has 2 N–H and O–H groups in total. The molecule has 7 heteroatoms. The molecule has 0 atom stereocenters. The average Bonchev–Trinajstić information content (AvgIpc) is 3.52. The first kappa shape index (κ1) is 16.9. The van der Waals surface area contributed by atoms with E-state index in [1.807, 2.05) is 0 Å². The number of para-hydroxylation sites is 2. The largest absolute Gasteiger partial charge is 0.312 e. The van der Waals surface area contributed by atoms with Crippen molar-refractivity contribution in [2.75, 3.05) is 22.9 Å². The minimum Gasteiger partial charge on any atom is -0.312 e. The zero-order valence-corrected chi connectivity index (χ0v) is 14.4. The molecular weight excluding hydrogens is 334 g/mol. The number of carbonyl (C=O) groups excluding carboxylic acids is 4. The van der Waals surface area contributed by atoms with Crippen LogP contribution in [-0.2, 0) is 19.2 Å². The summed E-state index contributed by atoms with van der Waals surface area (Å²) in [6.45, 7) is -0.183. The number of benzene rings is 1. The molecular formula is C19H21N3O4. The van der Waals surface area contributed by atoms with Gasteiger partial charge in [-0.3, -0.25) is 19.2 Å². The summed E-state index contributed by atoms with van der Waals surface area (Å²) in [6, 6.07) is 5.44. The Morgan fingerprint density at radius 1 is 0.846 bits per heavy atom. The highest BCUT2D eigenvalue weighted by Crippen LogP contribution is 2.36. The summed E-state index contributed by atoms with van der Waals surface area (Å²) in [5.41, 5.74) is 6.82. The molecule has 4 rings (SSSR count). The van der Waals surface area contributed by atoms with Crippen molar-refractivity contribution in [3.63, 3.8) is 0 Å². The van der Waals surface area contributed by atoms with E-state index in [0.717, 1.165) is 25.7 Å². The molecule has 0 saturated heterocycles. The third-order valence-corrected chi connectivity index (χ3v) is 5.22. The lowest BCUT2D eigenvalue weighted by molar-refractivity contribution is -0.130. The number of nitrogens with zero attached hydrogens (tertiary/aromatic N) is 2. The van der Waals surface area contributed by atoms with Crippen molar-refractivity contribution in [2.45, 2.75) is 31.7 Å². The van der Waals surface area contributed by atoms with Gasteiger partial charge in [0.05, 0.1) is 24.5 Å². The monoisotopic (exact) mass is 355 g/mol. The number of carbonyl (C=O) groups is 4. The van der Waals surface area contributed by atoms with Gasteiger partial charge in [0.25, 0.3) is 11.8 Å². The number of rotatable bonds is 6. The van der Waals surface area contributed by atoms with Crippen molar-refractivity contribution in [3.8, 4) is 0 Å². The standard InChI is InChI=1S/C19H21N3O4/c20-17-18(25)21(9-15(23)11-5-6-11)13-3-1-2-4-14(13)22(19(17)26)10-16(24)12-7-8-12/h1-4,11-12,17H,5-10,20H2. The Hall–Kier alpha value is -2.54. The quantitative estimate of drug-likeness (QED) is 0.755. The van der Waals surface area contributed by atoms with E-state index >= 15 is 0 Å². The van der Waals surface area contributed by atoms with Gasteiger partial charge in [-0.05, 0) is 37.8 Å². The van der Waals surface area contributed by atoms with E-state index in [0.29, 0.717) is 11.4 Å². The first-order valence-corrected chi connectivity index (χ1v) is 9.00. The first-order chi connectivity index (χ1) is 12.5. The predicted octanol–water partition coefficient (Wildman–Crippen LogP) is 0.652. The molecule has 2 amide bonds. The lowest BCUT2D eigenvalue weighted by atomic mass is 10.2. The zero-order valence-electron chi connectivity index (χ0n) is 14.4. The molecule has 26 heavy (non-hydrogen) atoms. The van der Waals surface area contributed by atoms with Gasteiger partial charge in [-0.25, -0.2) is 0 Å². The van der Waals surface area contributed by atoms with Crippen molar-refractivity contribution in [1.29, 1.82) is 0 Å². The Kier molecular flexibility index (Phi) is 4.11. The van der Waals surface area contributed by atoms with E-state index in [9.17, 15) is 19.2 Å². The normalized spacial score (nSPS) is 20.8. The minimum absolute atomic E-state index is 0.00214. The number of anilines is 2. The molecule has 2 saturated carbocycles. The van der Waals surface area contributed by atoms with Crippen LogP contribution in [0.5, 0.6) is 0 Å². The molecule has 0 radical (unpaired) electrons. The van der Waals surface area contributed by atoms with Crippen molar-refractivity contribution >= 4 is 34.8 Å². The van der Waals surface area contributed by atoms with Crippen molar-refractivity contribution in [1.82, 2.24) is 0 Å². The number of ketones is 2. The molecule has 2 fully saturated rings. The molecule has 0 aromatic heterocycles. The zero-order chi connectivity index (χ0) is 18.4. The SMILES string of the molecule is NC1C(=O)N(CC(=O)C2CC2)c2ccccc2N(CC(=O)C2CC2)C1=O. The van der Waals surface area contributed by atoms with Crippen molar-refractivity contribution in [3.05, 3.63) is 24.3 Å². The maximum Gasteiger partial charge on any atom is 0.254 e. The molecule has 136 valence electrons. The van der Waals surface area contributed by atoms with Gasteiger partial charge in [0.2, 0.25) is 0 Å². The fraction of sp³-hybridized carbons (Fsp3) is 0.474. The molecule has 0 spiro atoms. The van der Waals surface area contributed by atoms with Crippen LogP contribution in [0, 0.1) is 11.8 Å². The highest BCUT2D eigenvalue weighted by atomic mass is 16.2. The van der Waals surface area contributed by atoms with Gasteiger partial charge in [0, 0.05) is 11.8 Å². The van der Waals surface area contributed by atoms with E-state index in [-0.39, 0.29) is 36.5 Å². The van der Waals surface area contributed by atoms with Crippen LogP contribution in [0.1, 0.15) is 25.7 Å². The number of fused-ring (bicyclic) bond motifs is 1. The molecule has 1 aromatic rings. The fourth-order valence-corrected chi connectivity index (χ4v) is 3.31. The number of nitrogens with two attached hydrogens (primary N) is 1. The Morgan fingerprint density at radius 3 is 1.58 bits per heavy atom. The number of hydrogen-bond acceptors (Lipinski definition) is 5. The third-order valence-electron chi connectivity index (χ3n) is 5.22. The summed E-state index contributed by atoms with van der Waals surface area (Å²) in [6.07, 6.45) is 3.37. The van der Waals surface area contributed by atoms with Gasteiger partial charge in [-0.1, -0.05) is 12.1 Å². The highest BCUT2D eigenvalue weighted by Gasteiger charge is 2.42. The van der Waals surface area contributed by atoms with E-state index in [4.69, 9.17) is 5.73 Å². The van der Waals surface area contributed by atoms with Gasteiger partial charge in [0.1, 0.15) is 0 Å². The van der Waals surface area contributed by atoms with Gasteiger partial charge >= 0.3 is 0 Å². The summed E-state index contributed by atoms with van der Waals surface area (Å²) in [5, 5.41) is 0. The predicted molar refractivity (Wildman–Crippen MR) is 94.6 cm³/mol. The first-order valence-electron chi connectivity index (χ1n) is 9.00. The topological polar surface area (TPSA) is 101 Å². The molecule has 0 bridgehead atoms. The minimum atomic E-state index is -1.42. The number of hydrogen-bond donors (Lipinski definition) is 1. The van der Waals surface area contributed by atoms with Crippen LogP contribution in [0.2, 0.25) is 0 Å². The van der Waals surface area contributed by atoms with Crippen molar-refractivity contribution in [2.24, 2.45) is 17.6 Å². The summed E-state index contributed by atoms with van der Waals surface area (Å²) >= 11 is 0. The highest BCUT2D eigenvalue weighted by molar-refractivity contribution is 6.22. The van der Waals surface area contributed by atoms with Crippen LogP contribution in [0.3, 0.4) is 0 Å². The van der Waals surface area contributed by atoms with E-state index in [1.165, 1.54) is 9.80 Å². The van der Waals surface area contributed by atoms with Crippen LogP contribution in [0.4, 0.5) is 11.4 Å². The van der Waals surface area contributed by atoms with Gasteiger partial charge < -0.3 is 15.5 Å². The number of Topliss-reactive ketones (excluding diaryl/α,β-unsaturated/α-hetero) is 2. The Bertz CT molecular complexity index is 733.